The van der Waals surface area contributed by atoms with Crippen molar-refractivity contribution in [3.8, 4) is 0 Å². The van der Waals surface area contributed by atoms with Gasteiger partial charge in [-0.2, -0.15) is 0 Å². The molecule has 1 aromatic carbocycles. The number of nitrogens with zero attached hydrogens (tertiary/aromatic N) is 1. The molecular formula is C22H25N3O. The van der Waals surface area contributed by atoms with Crippen molar-refractivity contribution in [1.29, 1.82) is 0 Å². The van der Waals surface area contributed by atoms with Crippen LogP contribution in [0.5, 0.6) is 0 Å². The van der Waals surface area contributed by atoms with E-state index >= 15 is 0 Å². The molecule has 0 bridgehead atoms. The Morgan fingerprint density at radius 2 is 2.08 bits per heavy atom. The topological polar surface area (TPSA) is 49.9 Å². The van der Waals surface area contributed by atoms with E-state index in [2.05, 4.69) is 41.1 Å². The third-order valence-corrected chi connectivity index (χ3v) is 4.54. The van der Waals surface area contributed by atoms with Crippen molar-refractivity contribution >= 4 is 28.2 Å². The second-order valence-electron chi connectivity index (χ2n) is 7.95. The Labute approximate surface area is 154 Å². The number of aromatic nitrogens is 2. The first-order valence-electron chi connectivity index (χ1n) is 9.12. The number of rotatable bonds is 5. The monoisotopic (exact) mass is 347 g/mol. The summed E-state index contributed by atoms with van der Waals surface area (Å²) in [7, 11) is 0. The van der Waals surface area contributed by atoms with E-state index in [1.165, 1.54) is 18.4 Å². The standard InChI is InChI=1S/C22H25N3O/c1-14(26-22(2,3)4)18-12-16(15-8-9-15)13-24-21(18)25-20-7-5-6-19-17(20)10-11-23-19/h5-7,10-13,15,23H,1,8-9H2,2-4H3,(H,24,25). The Balaban J connectivity index is 1.72. The maximum absolute atomic E-state index is 6.05. The van der Waals surface area contributed by atoms with Gasteiger partial charge in [-0.25, -0.2) is 4.98 Å². The van der Waals surface area contributed by atoms with Gasteiger partial charge in [0, 0.05) is 29.0 Å². The van der Waals surface area contributed by atoms with Crippen molar-refractivity contribution in [2.24, 2.45) is 0 Å². The van der Waals surface area contributed by atoms with Gasteiger partial charge in [0.05, 0.1) is 5.56 Å². The molecule has 0 spiro atoms. The molecule has 4 nitrogen and oxygen atoms in total. The summed E-state index contributed by atoms with van der Waals surface area (Å²) < 4.78 is 6.05. The summed E-state index contributed by atoms with van der Waals surface area (Å²) in [5.74, 6) is 2.06. The van der Waals surface area contributed by atoms with Gasteiger partial charge in [0.2, 0.25) is 0 Å². The Morgan fingerprint density at radius 1 is 1.27 bits per heavy atom. The molecule has 1 saturated carbocycles. The van der Waals surface area contributed by atoms with Crippen LogP contribution in [0, 0.1) is 0 Å². The van der Waals surface area contributed by atoms with Crippen LogP contribution in [0.2, 0.25) is 0 Å². The van der Waals surface area contributed by atoms with Crippen LogP contribution in [0.15, 0.2) is 49.3 Å². The molecule has 0 amide bonds. The largest absolute Gasteiger partial charge is 0.488 e. The fourth-order valence-electron chi connectivity index (χ4n) is 3.18. The lowest BCUT2D eigenvalue weighted by molar-refractivity contribution is 0.0977. The van der Waals surface area contributed by atoms with E-state index in [0.29, 0.717) is 11.7 Å². The van der Waals surface area contributed by atoms with E-state index in [1.807, 2.05) is 39.2 Å². The quantitative estimate of drug-likeness (QED) is 0.559. The van der Waals surface area contributed by atoms with E-state index in [4.69, 9.17) is 9.72 Å². The molecule has 26 heavy (non-hydrogen) atoms. The molecule has 1 fully saturated rings. The van der Waals surface area contributed by atoms with Gasteiger partial charge in [-0.05, 0) is 69.4 Å². The molecule has 4 heteroatoms. The molecule has 0 unspecified atom stereocenters. The number of pyridine rings is 1. The summed E-state index contributed by atoms with van der Waals surface area (Å²) >= 11 is 0. The predicted octanol–water partition coefficient (Wildman–Crippen LogP) is 5.97. The zero-order valence-corrected chi connectivity index (χ0v) is 15.6. The number of anilines is 2. The van der Waals surface area contributed by atoms with Gasteiger partial charge < -0.3 is 15.0 Å². The summed E-state index contributed by atoms with van der Waals surface area (Å²) in [6.07, 6.45) is 6.40. The molecule has 2 N–H and O–H groups in total. The fraction of sp³-hybridized carbons (Fsp3) is 0.318. The molecule has 2 heterocycles. The number of nitrogens with one attached hydrogen (secondary N) is 2. The SMILES string of the molecule is C=C(OC(C)(C)C)c1cc(C2CC2)cnc1Nc1cccc2[nH]ccc12. The molecule has 2 aromatic heterocycles. The van der Waals surface area contributed by atoms with Crippen LogP contribution in [0.3, 0.4) is 0 Å². The highest BCUT2D eigenvalue weighted by Crippen LogP contribution is 2.42. The van der Waals surface area contributed by atoms with Gasteiger partial charge in [0.15, 0.2) is 0 Å². The second kappa shape index (κ2) is 6.20. The Kier molecular flexibility index (Phi) is 3.98. The lowest BCUT2D eigenvalue weighted by atomic mass is 10.1. The maximum Gasteiger partial charge on any atom is 0.141 e. The van der Waals surface area contributed by atoms with Crippen LogP contribution < -0.4 is 5.32 Å². The third-order valence-electron chi connectivity index (χ3n) is 4.54. The smallest absolute Gasteiger partial charge is 0.141 e. The Morgan fingerprint density at radius 3 is 2.81 bits per heavy atom. The van der Waals surface area contributed by atoms with Gasteiger partial charge in [0.1, 0.15) is 17.2 Å². The molecule has 4 rings (SSSR count). The number of hydrogen-bond donors (Lipinski definition) is 2. The first kappa shape index (κ1) is 16.7. The minimum absolute atomic E-state index is 0.301. The normalized spacial score (nSPS) is 14.4. The molecule has 1 aliphatic carbocycles. The molecule has 134 valence electrons. The predicted molar refractivity (Wildman–Crippen MR) is 108 cm³/mol. The Bertz CT molecular complexity index is 961. The highest BCUT2D eigenvalue weighted by Gasteiger charge is 2.26. The van der Waals surface area contributed by atoms with Crippen molar-refractivity contribution in [1.82, 2.24) is 9.97 Å². The zero-order valence-electron chi connectivity index (χ0n) is 15.6. The summed E-state index contributed by atoms with van der Waals surface area (Å²) in [5, 5.41) is 4.62. The number of H-pyrrole nitrogens is 1. The minimum Gasteiger partial charge on any atom is -0.488 e. The van der Waals surface area contributed by atoms with E-state index in [0.717, 1.165) is 28.0 Å². The first-order chi connectivity index (χ1) is 12.4. The van der Waals surface area contributed by atoms with Crippen LogP contribution in [-0.2, 0) is 4.74 Å². The highest BCUT2D eigenvalue weighted by molar-refractivity contribution is 5.94. The fourth-order valence-corrected chi connectivity index (χ4v) is 3.18. The zero-order chi connectivity index (χ0) is 18.3. The number of fused-ring (bicyclic) bond motifs is 1. The van der Waals surface area contributed by atoms with Crippen LogP contribution >= 0.6 is 0 Å². The molecule has 1 aliphatic rings. The van der Waals surface area contributed by atoms with Crippen molar-refractivity contribution in [3.05, 3.63) is 60.4 Å². The molecule has 0 radical (unpaired) electrons. The summed E-state index contributed by atoms with van der Waals surface area (Å²) in [6, 6.07) is 10.4. The molecule has 0 aliphatic heterocycles. The van der Waals surface area contributed by atoms with Crippen molar-refractivity contribution in [3.63, 3.8) is 0 Å². The molecular weight excluding hydrogens is 322 g/mol. The van der Waals surface area contributed by atoms with E-state index in [9.17, 15) is 0 Å². The van der Waals surface area contributed by atoms with E-state index in [1.54, 1.807) is 0 Å². The number of aromatic amines is 1. The third kappa shape index (κ3) is 3.45. The van der Waals surface area contributed by atoms with E-state index in [-0.39, 0.29) is 5.60 Å². The van der Waals surface area contributed by atoms with Gasteiger partial charge in [0.25, 0.3) is 0 Å². The molecule has 3 aromatic rings. The van der Waals surface area contributed by atoms with Gasteiger partial charge >= 0.3 is 0 Å². The Hall–Kier alpha value is -2.75. The molecule has 0 saturated heterocycles. The number of benzene rings is 1. The lowest BCUT2D eigenvalue weighted by Crippen LogP contribution is -2.18. The van der Waals surface area contributed by atoms with E-state index < -0.39 is 0 Å². The van der Waals surface area contributed by atoms with Crippen molar-refractivity contribution in [2.75, 3.05) is 5.32 Å². The second-order valence-corrected chi connectivity index (χ2v) is 7.95. The summed E-state index contributed by atoms with van der Waals surface area (Å²) in [5.41, 5.74) is 4.00. The first-order valence-corrected chi connectivity index (χ1v) is 9.12. The molecule has 0 atom stereocenters. The summed E-state index contributed by atoms with van der Waals surface area (Å²) in [4.78, 5) is 7.96. The van der Waals surface area contributed by atoms with Gasteiger partial charge in [-0.3, -0.25) is 0 Å². The van der Waals surface area contributed by atoms with Crippen LogP contribution in [0.1, 0.15) is 50.7 Å². The van der Waals surface area contributed by atoms with Crippen molar-refractivity contribution in [2.45, 2.75) is 45.1 Å². The van der Waals surface area contributed by atoms with Crippen LogP contribution in [0.25, 0.3) is 16.7 Å². The van der Waals surface area contributed by atoms with Gasteiger partial charge in [-0.15, -0.1) is 0 Å². The highest BCUT2D eigenvalue weighted by atomic mass is 16.5. The average Bonchev–Trinajstić information content (AvgIpc) is 3.31. The number of hydrogen-bond acceptors (Lipinski definition) is 3. The maximum atomic E-state index is 6.05. The average molecular weight is 347 g/mol. The van der Waals surface area contributed by atoms with Gasteiger partial charge in [-0.1, -0.05) is 12.6 Å². The lowest BCUT2D eigenvalue weighted by Gasteiger charge is -2.24. The summed E-state index contributed by atoms with van der Waals surface area (Å²) in [6.45, 7) is 10.3. The van der Waals surface area contributed by atoms with Crippen molar-refractivity contribution < 1.29 is 4.74 Å². The minimum atomic E-state index is -0.301. The van der Waals surface area contributed by atoms with Crippen LogP contribution in [-0.4, -0.2) is 15.6 Å². The number of ether oxygens (including phenoxy) is 1. The van der Waals surface area contributed by atoms with Crippen LogP contribution in [0.4, 0.5) is 11.5 Å².